The normalized spacial score (nSPS) is 10.4. The molecule has 0 amide bonds. The predicted molar refractivity (Wildman–Crippen MR) is 99.5 cm³/mol. The van der Waals surface area contributed by atoms with E-state index >= 15 is 0 Å². The van der Waals surface area contributed by atoms with Crippen LogP contribution in [0.15, 0.2) is 46.2 Å². The molecule has 2 aromatic carbocycles. The lowest BCUT2D eigenvalue weighted by Crippen LogP contribution is -2.11. The maximum Gasteiger partial charge on any atom is 0.127 e. The summed E-state index contributed by atoms with van der Waals surface area (Å²) >= 11 is 1.52. The van der Waals surface area contributed by atoms with Crippen LogP contribution in [-0.4, -0.2) is 19.0 Å². The van der Waals surface area contributed by atoms with E-state index in [0.29, 0.717) is 17.7 Å². The lowest BCUT2D eigenvalue weighted by Gasteiger charge is -2.15. The highest BCUT2D eigenvalue weighted by atomic mass is 32.2. The standard InChI is InChI=1S/C17H21FN2S.C2H6/c1-4-12-9-15(19)17(10-14(12)18)21-16-8-6-5-7-13(16)11-20(2)3;1-2/h5-10H,4,11,19H2,1-3H3;1-2H3. The SMILES string of the molecule is CC.CCc1cc(N)c(Sc2ccccc2CN(C)C)cc1F. The number of hydrogen-bond donors (Lipinski definition) is 1. The minimum absolute atomic E-state index is 0.181. The fourth-order valence-electron chi connectivity index (χ4n) is 2.17. The van der Waals surface area contributed by atoms with Crippen molar-refractivity contribution in [3.05, 3.63) is 53.3 Å². The number of nitrogens with two attached hydrogens (primary N) is 1. The van der Waals surface area contributed by atoms with Gasteiger partial charge in [0.15, 0.2) is 0 Å². The highest BCUT2D eigenvalue weighted by molar-refractivity contribution is 7.99. The van der Waals surface area contributed by atoms with E-state index in [1.807, 2.05) is 47.0 Å². The van der Waals surface area contributed by atoms with E-state index in [1.54, 1.807) is 12.1 Å². The molecule has 0 aliphatic rings. The van der Waals surface area contributed by atoms with Crippen LogP contribution in [0.1, 0.15) is 31.9 Å². The molecular weight excluding hydrogens is 307 g/mol. The highest BCUT2D eigenvalue weighted by Crippen LogP contribution is 2.35. The molecule has 23 heavy (non-hydrogen) atoms. The molecule has 2 N–H and O–H groups in total. The summed E-state index contributed by atoms with van der Waals surface area (Å²) in [7, 11) is 4.07. The van der Waals surface area contributed by atoms with Gasteiger partial charge in [-0.2, -0.15) is 0 Å². The van der Waals surface area contributed by atoms with E-state index in [-0.39, 0.29) is 5.82 Å². The number of aryl methyl sites for hydroxylation is 1. The topological polar surface area (TPSA) is 29.3 Å². The van der Waals surface area contributed by atoms with Gasteiger partial charge in [0.2, 0.25) is 0 Å². The van der Waals surface area contributed by atoms with Crippen LogP contribution in [-0.2, 0) is 13.0 Å². The molecule has 4 heteroatoms. The minimum Gasteiger partial charge on any atom is -0.398 e. The fourth-order valence-corrected chi connectivity index (χ4v) is 3.16. The number of benzene rings is 2. The second-order valence-corrected chi connectivity index (χ2v) is 6.37. The molecular formula is C19H27FN2S. The van der Waals surface area contributed by atoms with Gasteiger partial charge in [-0.05, 0) is 49.8 Å². The van der Waals surface area contributed by atoms with Gasteiger partial charge in [-0.1, -0.05) is 50.7 Å². The third-order valence-corrected chi connectivity index (χ3v) is 4.43. The summed E-state index contributed by atoms with van der Waals surface area (Å²) < 4.78 is 14.0. The molecule has 0 aliphatic carbocycles. The van der Waals surface area contributed by atoms with Crippen LogP contribution in [0.5, 0.6) is 0 Å². The van der Waals surface area contributed by atoms with Gasteiger partial charge in [-0.25, -0.2) is 4.39 Å². The van der Waals surface area contributed by atoms with Crippen molar-refractivity contribution < 1.29 is 4.39 Å². The molecule has 0 saturated carbocycles. The number of nitrogen functional groups attached to an aromatic ring is 1. The molecule has 0 saturated heterocycles. The first-order chi connectivity index (χ1) is 11.0. The van der Waals surface area contributed by atoms with Crippen molar-refractivity contribution >= 4 is 17.4 Å². The van der Waals surface area contributed by atoms with Gasteiger partial charge in [0.25, 0.3) is 0 Å². The quantitative estimate of drug-likeness (QED) is 0.761. The van der Waals surface area contributed by atoms with Crippen LogP contribution in [0.2, 0.25) is 0 Å². The Morgan fingerprint density at radius 2 is 1.70 bits per heavy atom. The van der Waals surface area contributed by atoms with Crippen LogP contribution in [0.25, 0.3) is 0 Å². The van der Waals surface area contributed by atoms with Crippen molar-refractivity contribution in [3.8, 4) is 0 Å². The first-order valence-electron chi connectivity index (χ1n) is 7.99. The number of halogens is 1. The van der Waals surface area contributed by atoms with Crippen molar-refractivity contribution in [3.63, 3.8) is 0 Å². The zero-order valence-corrected chi connectivity index (χ0v) is 15.5. The van der Waals surface area contributed by atoms with E-state index in [2.05, 4.69) is 17.0 Å². The molecule has 0 aromatic heterocycles. The molecule has 0 spiro atoms. The molecule has 0 heterocycles. The summed E-state index contributed by atoms with van der Waals surface area (Å²) in [6, 6.07) is 11.4. The summed E-state index contributed by atoms with van der Waals surface area (Å²) in [5, 5.41) is 0. The summed E-state index contributed by atoms with van der Waals surface area (Å²) in [6.07, 6.45) is 0.651. The van der Waals surface area contributed by atoms with Gasteiger partial charge in [-0.15, -0.1) is 0 Å². The summed E-state index contributed by atoms with van der Waals surface area (Å²) in [5.41, 5.74) is 8.58. The Labute approximate surface area is 143 Å². The van der Waals surface area contributed by atoms with Crippen LogP contribution in [0.3, 0.4) is 0 Å². The fraction of sp³-hybridized carbons (Fsp3) is 0.368. The predicted octanol–water partition coefficient (Wildman–Crippen LogP) is 5.21. The molecule has 0 radical (unpaired) electrons. The maximum absolute atomic E-state index is 14.0. The molecule has 0 atom stereocenters. The Bertz CT molecular complexity index is 627. The smallest absolute Gasteiger partial charge is 0.127 e. The first-order valence-corrected chi connectivity index (χ1v) is 8.81. The zero-order chi connectivity index (χ0) is 17.4. The Balaban J connectivity index is 0.00000127. The third-order valence-electron chi connectivity index (χ3n) is 3.24. The lowest BCUT2D eigenvalue weighted by atomic mass is 10.1. The van der Waals surface area contributed by atoms with Crippen LogP contribution in [0.4, 0.5) is 10.1 Å². The van der Waals surface area contributed by atoms with Crippen LogP contribution < -0.4 is 5.73 Å². The van der Waals surface area contributed by atoms with Gasteiger partial charge in [0, 0.05) is 22.0 Å². The first kappa shape index (κ1) is 19.5. The van der Waals surface area contributed by atoms with Gasteiger partial charge in [0.1, 0.15) is 5.82 Å². The van der Waals surface area contributed by atoms with Gasteiger partial charge >= 0.3 is 0 Å². The van der Waals surface area contributed by atoms with Crippen molar-refractivity contribution in [2.75, 3.05) is 19.8 Å². The Kier molecular flexibility index (Phi) is 8.13. The Hall–Kier alpha value is -1.52. The average Bonchev–Trinajstić information content (AvgIpc) is 2.54. The lowest BCUT2D eigenvalue weighted by molar-refractivity contribution is 0.399. The van der Waals surface area contributed by atoms with Gasteiger partial charge < -0.3 is 10.6 Å². The third kappa shape index (κ3) is 5.56. The number of anilines is 1. The molecule has 0 unspecified atom stereocenters. The Morgan fingerprint density at radius 1 is 1.04 bits per heavy atom. The molecule has 0 fully saturated rings. The zero-order valence-electron chi connectivity index (χ0n) is 14.7. The van der Waals surface area contributed by atoms with Gasteiger partial charge in [0.05, 0.1) is 0 Å². The van der Waals surface area contributed by atoms with Crippen molar-refractivity contribution in [1.82, 2.24) is 4.90 Å². The maximum atomic E-state index is 14.0. The van der Waals surface area contributed by atoms with E-state index < -0.39 is 0 Å². The number of hydrogen-bond acceptors (Lipinski definition) is 3. The molecule has 0 aliphatic heterocycles. The molecule has 0 bridgehead atoms. The monoisotopic (exact) mass is 334 g/mol. The van der Waals surface area contributed by atoms with E-state index in [9.17, 15) is 4.39 Å². The van der Waals surface area contributed by atoms with E-state index in [1.165, 1.54) is 17.3 Å². The van der Waals surface area contributed by atoms with Crippen molar-refractivity contribution in [2.45, 2.75) is 43.5 Å². The van der Waals surface area contributed by atoms with Gasteiger partial charge in [-0.3, -0.25) is 0 Å². The van der Waals surface area contributed by atoms with E-state index in [4.69, 9.17) is 5.73 Å². The summed E-state index contributed by atoms with van der Waals surface area (Å²) in [6.45, 7) is 6.77. The second kappa shape index (κ2) is 9.58. The van der Waals surface area contributed by atoms with Crippen LogP contribution >= 0.6 is 11.8 Å². The molecule has 126 valence electrons. The Morgan fingerprint density at radius 3 is 2.30 bits per heavy atom. The largest absolute Gasteiger partial charge is 0.398 e. The second-order valence-electron chi connectivity index (χ2n) is 5.28. The molecule has 2 rings (SSSR count). The van der Waals surface area contributed by atoms with Crippen molar-refractivity contribution in [2.24, 2.45) is 0 Å². The minimum atomic E-state index is -0.181. The average molecular weight is 335 g/mol. The molecule has 2 nitrogen and oxygen atoms in total. The molecule has 2 aromatic rings. The summed E-state index contributed by atoms with van der Waals surface area (Å²) in [4.78, 5) is 4.00. The van der Waals surface area contributed by atoms with Crippen molar-refractivity contribution in [1.29, 1.82) is 0 Å². The number of rotatable bonds is 5. The number of nitrogens with zero attached hydrogens (tertiary/aromatic N) is 1. The highest BCUT2D eigenvalue weighted by Gasteiger charge is 2.11. The van der Waals surface area contributed by atoms with E-state index in [0.717, 1.165) is 16.3 Å². The van der Waals surface area contributed by atoms with Crippen LogP contribution in [0, 0.1) is 5.82 Å². The summed E-state index contributed by atoms with van der Waals surface area (Å²) in [5.74, 6) is -0.181.